The third-order valence-electron chi connectivity index (χ3n) is 17.5. The molecule has 458 valence electrons. The van der Waals surface area contributed by atoms with Crippen molar-refractivity contribution in [2.45, 2.75) is 198 Å². The van der Waals surface area contributed by atoms with E-state index in [1.165, 1.54) is 4.90 Å². The summed E-state index contributed by atoms with van der Waals surface area (Å²) in [4.78, 5) is 77.7. The van der Waals surface area contributed by atoms with Gasteiger partial charge in [-0.15, -0.1) is 0 Å². The third-order valence-corrected chi connectivity index (χ3v) is 20.9. The number of rotatable bonds is 19. The summed E-state index contributed by atoms with van der Waals surface area (Å²) in [6.07, 6.45) is 3.77. The molecule has 1 saturated heterocycles. The lowest BCUT2D eigenvalue weighted by atomic mass is 9.84. The average molecular weight is 1200 g/mol. The van der Waals surface area contributed by atoms with Crippen molar-refractivity contribution in [3.8, 4) is 16.9 Å². The van der Waals surface area contributed by atoms with Crippen molar-refractivity contribution in [3.63, 3.8) is 0 Å². The molecule has 0 bridgehead atoms. The van der Waals surface area contributed by atoms with Gasteiger partial charge in [-0.2, -0.15) is 0 Å². The summed E-state index contributed by atoms with van der Waals surface area (Å²) in [6, 6.07) is 19.7. The molecular formula is C65H87N7O11SSi. The monoisotopic (exact) mass is 1200 g/mol. The number of guanidine groups is 1. The fourth-order valence-corrected chi connectivity index (χ4v) is 15.4. The molecule has 4 amide bonds. The molecule has 2 unspecified atom stereocenters. The third kappa shape index (κ3) is 14.2. The maximum absolute atomic E-state index is 15.8. The Morgan fingerprint density at radius 2 is 1.47 bits per heavy atom. The molecule has 0 aromatic heterocycles. The highest BCUT2D eigenvalue weighted by atomic mass is 32.2. The highest BCUT2D eigenvalue weighted by Gasteiger charge is 2.52. The number of likely N-dealkylation sites (tertiary alicyclic amines) is 1. The number of hydrogen-bond acceptors (Lipinski definition) is 12. The van der Waals surface area contributed by atoms with E-state index in [1.54, 1.807) is 18.7 Å². The molecule has 85 heavy (non-hydrogen) atoms. The number of benzene rings is 4. The van der Waals surface area contributed by atoms with Crippen LogP contribution in [0.15, 0.2) is 77.7 Å². The molecule has 6 atom stereocenters. The van der Waals surface area contributed by atoms with Crippen molar-refractivity contribution in [2.24, 2.45) is 5.92 Å². The maximum atomic E-state index is 15.8. The number of hydrogen-bond donors (Lipinski definition) is 5. The van der Waals surface area contributed by atoms with E-state index in [0.29, 0.717) is 42.2 Å². The summed E-state index contributed by atoms with van der Waals surface area (Å²) >= 11 is 0. The number of ether oxygens (including phenoxy) is 4. The fraction of sp³-hybridized carbons (Fsp3) is 0.538. The lowest BCUT2D eigenvalue weighted by Gasteiger charge is -2.42. The Morgan fingerprint density at radius 1 is 0.824 bits per heavy atom. The van der Waals surface area contributed by atoms with Crippen LogP contribution in [-0.4, -0.2) is 130 Å². The fourth-order valence-electron chi connectivity index (χ4n) is 13.1. The summed E-state index contributed by atoms with van der Waals surface area (Å²) in [6.45, 7) is 21.4. The predicted octanol–water partition coefficient (Wildman–Crippen LogP) is 9.11. The van der Waals surface area contributed by atoms with Gasteiger partial charge in [-0.3, -0.25) is 19.8 Å². The van der Waals surface area contributed by atoms with Crippen molar-refractivity contribution in [2.75, 3.05) is 26.4 Å². The van der Waals surface area contributed by atoms with Crippen LogP contribution in [0.3, 0.4) is 0 Å². The summed E-state index contributed by atoms with van der Waals surface area (Å²) in [5.74, 6) is -2.07. The number of nitrogens with zero attached hydrogens (tertiary/aromatic N) is 2. The van der Waals surface area contributed by atoms with Gasteiger partial charge in [-0.25, -0.2) is 22.7 Å². The van der Waals surface area contributed by atoms with Crippen LogP contribution in [0.5, 0.6) is 5.75 Å². The van der Waals surface area contributed by atoms with Crippen molar-refractivity contribution >= 4 is 53.8 Å². The number of sulfonamides is 1. The molecule has 5 N–H and O–H groups in total. The first kappa shape index (κ1) is 62.7. The number of amides is 4. The van der Waals surface area contributed by atoms with Gasteiger partial charge in [0.2, 0.25) is 23.7 Å². The molecule has 2 fully saturated rings. The van der Waals surface area contributed by atoms with E-state index in [9.17, 15) is 18.0 Å². The second-order valence-corrected chi connectivity index (χ2v) is 33.9. The predicted molar refractivity (Wildman–Crippen MR) is 329 cm³/mol. The Bertz CT molecular complexity index is 3290. The van der Waals surface area contributed by atoms with Gasteiger partial charge in [0.15, 0.2) is 0 Å². The largest absolute Gasteiger partial charge is 0.487 e. The van der Waals surface area contributed by atoms with Gasteiger partial charge in [0.25, 0.3) is 10.0 Å². The molecular weight excluding hydrogens is 1110 g/mol. The second-order valence-electron chi connectivity index (χ2n) is 26.6. The minimum atomic E-state index is -4.21. The molecule has 2 aliphatic carbocycles. The van der Waals surface area contributed by atoms with Gasteiger partial charge in [-0.1, -0.05) is 105 Å². The highest BCUT2D eigenvalue weighted by Crippen LogP contribution is 2.46. The number of fused-ring (bicyclic) bond motifs is 6. The summed E-state index contributed by atoms with van der Waals surface area (Å²) in [5, 5.41) is 17.4. The van der Waals surface area contributed by atoms with E-state index in [0.717, 1.165) is 63.8 Å². The number of carbonyl (C=O) groups is 5. The first-order valence-electron chi connectivity index (χ1n) is 30.2. The quantitative estimate of drug-likeness (QED) is 0.0194. The van der Waals surface area contributed by atoms with Gasteiger partial charge in [0.1, 0.15) is 42.1 Å². The normalized spacial score (nSPS) is 20.3. The van der Waals surface area contributed by atoms with Crippen LogP contribution in [-0.2, 0) is 62.8 Å². The molecule has 5 aliphatic rings. The minimum absolute atomic E-state index is 0.00810. The van der Waals surface area contributed by atoms with Gasteiger partial charge in [0.05, 0.1) is 23.7 Å². The zero-order chi connectivity index (χ0) is 61.3. The van der Waals surface area contributed by atoms with E-state index in [4.69, 9.17) is 24.4 Å². The summed E-state index contributed by atoms with van der Waals surface area (Å²) < 4.78 is 54.5. The van der Waals surface area contributed by atoms with Crippen LogP contribution in [0.4, 0.5) is 4.79 Å². The zero-order valence-electron chi connectivity index (χ0n) is 51.4. The molecule has 4 aromatic carbocycles. The second kappa shape index (κ2) is 25.3. The molecule has 9 rings (SSSR count). The van der Waals surface area contributed by atoms with E-state index >= 15 is 14.4 Å². The summed E-state index contributed by atoms with van der Waals surface area (Å²) in [5.41, 5.74) is 7.43. The molecule has 0 spiro atoms. The lowest BCUT2D eigenvalue weighted by molar-refractivity contribution is -0.154. The Hall–Kier alpha value is -6.77. The van der Waals surface area contributed by atoms with Crippen LogP contribution < -0.4 is 25.4 Å². The average Bonchev–Trinajstić information content (AvgIpc) is 1.90. The molecule has 3 aliphatic heterocycles. The smallest absolute Gasteiger partial charge is 0.407 e. The van der Waals surface area contributed by atoms with Gasteiger partial charge >= 0.3 is 12.1 Å². The van der Waals surface area contributed by atoms with Gasteiger partial charge in [-0.05, 0) is 150 Å². The Morgan fingerprint density at radius 3 is 2.14 bits per heavy atom. The van der Waals surface area contributed by atoms with E-state index in [2.05, 4.69) is 52.4 Å². The number of alkyl carbamates (subject to hydrolysis) is 1. The number of nitrogens with one attached hydrogen (secondary N) is 5. The molecule has 20 heteroatoms. The topological polar surface area (TPSA) is 235 Å². The first-order chi connectivity index (χ1) is 40.1. The van der Waals surface area contributed by atoms with Crippen LogP contribution in [0.2, 0.25) is 25.7 Å². The van der Waals surface area contributed by atoms with Crippen molar-refractivity contribution in [1.82, 2.24) is 30.5 Å². The Labute approximate surface area is 502 Å². The van der Waals surface area contributed by atoms with Gasteiger partial charge in [0, 0.05) is 51.5 Å². The molecule has 18 nitrogen and oxygen atoms in total. The van der Waals surface area contributed by atoms with Crippen LogP contribution in [0, 0.1) is 32.1 Å². The lowest BCUT2D eigenvalue weighted by Crippen LogP contribution is -2.62. The van der Waals surface area contributed by atoms with E-state index < -0.39 is 89.2 Å². The Balaban J connectivity index is 0.920. The van der Waals surface area contributed by atoms with Crippen LogP contribution in [0.1, 0.15) is 130 Å². The molecule has 3 heterocycles. The van der Waals surface area contributed by atoms with Crippen molar-refractivity contribution < 1.29 is 51.3 Å². The number of carbonyl (C=O) groups excluding carboxylic acids is 5. The Kier molecular flexibility index (Phi) is 18.7. The summed E-state index contributed by atoms with van der Waals surface area (Å²) in [7, 11) is -5.85. The first-order valence-corrected chi connectivity index (χ1v) is 35.4. The molecule has 1 saturated carbocycles. The molecule has 4 aromatic rings. The van der Waals surface area contributed by atoms with E-state index in [-0.39, 0.29) is 74.9 Å². The van der Waals surface area contributed by atoms with E-state index in [1.807, 2.05) is 102 Å². The minimum Gasteiger partial charge on any atom is -0.487 e. The molecule has 0 radical (unpaired) electrons. The van der Waals surface area contributed by atoms with Gasteiger partial charge < -0.3 is 44.7 Å². The standard InChI is InChI=1S/C65H87N7O11SSi/c1-39-40(2)57(41(3)49-35-65(7,8)83-56(39)49)84(78,79)70-62(66)67-30-20-28-51(61(76)80-31-32-85(9,10)11)68-58(73)54-34-43-22-14-19-29-53(43)72(54)60(75)55-33-42-21-12-13-23-44(42)36-71(55)59(74)52(38-82-64(4,5)6)69-63(77)81-37-50-47-26-17-15-24-45(47)46-25-16-18-27-48(46)50/h12-13,15-18,21,23-27,43,50-55H,14,19-20,22,28-38H2,1-11H3,(H,68,73)(H,69,77)(H3,66,67,70)/t43?,51-,52-,53?,54-,55+/m0/s1. The highest BCUT2D eigenvalue weighted by molar-refractivity contribution is 7.90. The SMILES string of the molecule is Cc1c(C)c(S(=O)(=O)NC(=N)NCCC[C@H](NC(=O)[C@@H]2CC3CCCCC3N2C(=O)[C@H]2Cc3ccccc3CN2C(=O)[C@H](COC(C)(C)C)NC(=O)OCC2c3ccccc3-c3ccccc32)C(=O)OCC[Si](C)(C)C)c(C)c2c1OC(C)(C)C2. The zero-order valence-corrected chi connectivity index (χ0v) is 53.2. The maximum Gasteiger partial charge on any atom is 0.407 e. The van der Waals surface area contributed by atoms with Crippen LogP contribution in [0.25, 0.3) is 11.1 Å². The van der Waals surface area contributed by atoms with Crippen molar-refractivity contribution in [3.05, 3.63) is 117 Å². The number of esters is 1. The van der Waals surface area contributed by atoms with Crippen LogP contribution >= 0.6 is 0 Å². The van der Waals surface area contributed by atoms with Crippen molar-refractivity contribution in [1.29, 1.82) is 5.41 Å².